The lowest BCUT2D eigenvalue weighted by Crippen LogP contribution is -2.18. The maximum atomic E-state index is 12.7. The van der Waals surface area contributed by atoms with Gasteiger partial charge >= 0.3 is 0 Å². The zero-order valence-electron chi connectivity index (χ0n) is 19.2. The van der Waals surface area contributed by atoms with Crippen LogP contribution in [0.5, 0.6) is 23.0 Å². The monoisotopic (exact) mass is 460 g/mol. The second kappa shape index (κ2) is 9.95. The van der Waals surface area contributed by atoms with E-state index in [1.807, 2.05) is 36.4 Å². The van der Waals surface area contributed by atoms with Gasteiger partial charge in [-0.05, 0) is 29.0 Å². The summed E-state index contributed by atoms with van der Waals surface area (Å²) in [4.78, 5) is 12.7. The van der Waals surface area contributed by atoms with Gasteiger partial charge in [-0.1, -0.05) is 30.3 Å². The molecule has 3 aromatic carbocycles. The van der Waals surface area contributed by atoms with Crippen LogP contribution >= 0.6 is 0 Å². The number of nitrogens with one attached hydrogen (secondary N) is 2. The minimum atomic E-state index is -0.450. The van der Waals surface area contributed by atoms with Crippen LogP contribution in [0.2, 0.25) is 0 Å². The summed E-state index contributed by atoms with van der Waals surface area (Å²) in [5.41, 5.74) is 4.74. The molecule has 0 bridgehead atoms. The van der Waals surface area contributed by atoms with Gasteiger partial charge < -0.3 is 18.9 Å². The van der Waals surface area contributed by atoms with Crippen molar-refractivity contribution in [1.82, 2.24) is 15.6 Å². The van der Waals surface area contributed by atoms with E-state index in [9.17, 15) is 4.79 Å². The molecule has 0 aliphatic rings. The number of carbonyl (C=O) groups is 1. The minimum absolute atomic E-state index is 0.251. The van der Waals surface area contributed by atoms with Crippen LogP contribution in [0.15, 0.2) is 59.7 Å². The van der Waals surface area contributed by atoms with E-state index in [4.69, 9.17) is 18.9 Å². The predicted octanol–water partition coefficient (Wildman–Crippen LogP) is 4.03. The number of hydrazone groups is 1. The number of ether oxygens (including phenoxy) is 4. The first-order valence-corrected chi connectivity index (χ1v) is 10.3. The maximum absolute atomic E-state index is 12.7. The topological polar surface area (TPSA) is 107 Å². The molecule has 9 heteroatoms. The number of amides is 1. The van der Waals surface area contributed by atoms with Crippen LogP contribution in [-0.2, 0) is 0 Å². The number of fused-ring (bicyclic) bond motifs is 1. The van der Waals surface area contributed by atoms with Gasteiger partial charge in [0.05, 0.1) is 45.9 Å². The van der Waals surface area contributed by atoms with Crippen LogP contribution in [0.1, 0.15) is 16.1 Å². The number of carbonyl (C=O) groups excluding carboxylic acids is 1. The van der Waals surface area contributed by atoms with Crippen molar-refractivity contribution in [2.24, 2.45) is 5.10 Å². The van der Waals surface area contributed by atoms with Gasteiger partial charge in [0.1, 0.15) is 17.2 Å². The summed E-state index contributed by atoms with van der Waals surface area (Å²) >= 11 is 0. The molecule has 0 saturated heterocycles. The number of aromatic amines is 1. The molecule has 0 aliphatic carbocycles. The number of methoxy groups -OCH3 is 4. The second-order valence-corrected chi connectivity index (χ2v) is 7.18. The van der Waals surface area contributed by atoms with Crippen molar-refractivity contribution in [3.63, 3.8) is 0 Å². The highest BCUT2D eigenvalue weighted by molar-refractivity contribution is 6.01. The van der Waals surface area contributed by atoms with Crippen LogP contribution in [-0.4, -0.2) is 50.8 Å². The Morgan fingerprint density at radius 1 is 0.882 bits per heavy atom. The highest BCUT2D eigenvalue weighted by Crippen LogP contribution is 2.36. The molecular formula is C25H24N4O5. The number of hydrogen-bond acceptors (Lipinski definition) is 7. The minimum Gasteiger partial charge on any atom is -0.496 e. The average molecular weight is 460 g/mol. The van der Waals surface area contributed by atoms with E-state index >= 15 is 0 Å². The molecule has 2 N–H and O–H groups in total. The normalized spacial score (nSPS) is 10.9. The zero-order valence-corrected chi connectivity index (χ0v) is 19.2. The third-order valence-corrected chi connectivity index (χ3v) is 5.29. The molecule has 1 heterocycles. The van der Waals surface area contributed by atoms with Crippen LogP contribution in [0.25, 0.3) is 22.0 Å². The van der Waals surface area contributed by atoms with Gasteiger partial charge in [-0.3, -0.25) is 9.89 Å². The molecule has 0 atom stereocenters. The van der Waals surface area contributed by atoms with E-state index in [0.717, 1.165) is 16.3 Å². The lowest BCUT2D eigenvalue weighted by atomic mass is 10.0. The van der Waals surface area contributed by atoms with E-state index < -0.39 is 5.91 Å². The standard InChI is InChI=1S/C25H24N4O5/c1-31-20-10-9-15-7-5-6-8-17(15)24(20)18-12-19(28-27-18)25(30)29-26-14-16-11-22(33-3)23(34-4)13-21(16)32-2/h5-14H,1-4H3,(H,27,28)(H,29,30). The number of nitrogens with zero attached hydrogens (tertiary/aromatic N) is 2. The number of rotatable bonds is 8. The van der Waals surface area contributed by atoms with Gasteiger partial charge in [0.25, 0.3) is 5.91 Å². The van der Waals surface area contributed by atoms with E-state index in [-0.39, 0.29) is 5.69 Å². The lowest BCUT2D eigenvalue weighted by Gasteiger charge is -2.11. The third kappa shape index (κ3) is 4.36. The van der Waals surface area contributed by atoms with E-state index in [2.05, 4.69) is 20.7 Å². The Balaban J connectivity index is 1.57. The van der Waals surface area contributed by atoms with Gasteiger partial charge in [-0.15, -0.1) is 0 Å². The van der Waals surface area contributed by atoms with Crippen molar-refractivity contribution in [3.05, 3.63) is 65.9 Å². The molecule has 0 radical (unpaired) electrons. The largest absolute Gasteiger partial charge is 0.496 e. The summed E-state index contributed by atoms with van der Waals surface area (Å²) in [7, 11) is 6.21. The number of benzene rings is 3. The Kier molecular flexibility index (Phi) is 6.63. The number of aromatic nitrogens is 2. The molecule has 34 heavy (non-hydrogen) atoms. The van der Waals surface area contributed by atoms with Gasteiger partial charge in [-0.25, -0.2) is 5.43 Å². The van der Waals surface area contributed by atoms with E-state index in [0.29, 0.717) is 34.3 Å². The Morgan fingerprint density at radius 2 is 1.59 bits per heavy atom. The first kappa shape index (κ1) is 22.7. The van der Waals surface area contributed by atoms with Crippen molar-refractivity contribution < 1.29 is 23.7 Å². The molecule has 0 aliphatic heterocycles. The molecule has 174 valence electrons. The molecule has 1 aromatic heterocycles. The van der Waals surface area contributed by atoms with Gasteiger partial charge in [0.2, 0.25) is 0 Å². The van der Waals surface area contributed by atoms with Gasteiger partial charge in [0, 0.05) is 11.6 Å². The molecule has 0 saturated carbocycles. The van der Waals surface area contributed by atoms with Crippen LogP contribution in [0.3, 0.4) is 0 Å². The Hall–Kier alpha value is -4.53. The van der Waals surface area contributed by atoms with Crippen molar-refractivity contribution in [1.29, 1.82) is 0 Å². The Bertz CT molecular complexity index is 1360. The predicted molar refractivity (Wildman–Crippen MR) is 129 cm³/mol. The SMILES string of the molecule is COc1cc(OC)c(OC)cc1C=NNC(=O)c1cc(-c2c(OC)ccc3ccccc23)n[nH]1. The summed E-state index contributed by atoms with van der Waals surface area (Å²) in [6, 6.07) is 16.8. The molecular weight excluding hydrogens is 436 g/mol. The average Bonchev–Trinajstić information content (AvgIpc) is 3.37. The fourth-order valence-corrected chi connectivity index (χ4v) is 3.63. The highest BCUT2D eigenvalue weighted by atomic mass is 16.5. The fourth-order valence-electron chi connectivity index (χ4n) is 3.63. The smallest absolute Gasteiger partial charge is 0.289 e. The van der Waals surface area contributed by atoms with Gasteiger partial charge in [-0.2, -0.15) is 10.2 Å². The second-order valence-electron chi connectivity index (χ2n) is 7.18. The summed E-state index contributed by atoms with van der Waals surface area (Å²) in [5.74, 6) is 1.76. The van der Waals surface area contributed by atoms with Crippen molar-refractivity contribution in [2.45, 2.75) is 0 Å². The van der Waals surface area contributed by atoms with Crippen molar-refractivity contribution in [3.8, 4) is 34.3 Å². The molecule has 0 spiro atoms. The third-order valence-electron chi connectivity index (χ3n) is 5.29. The van der Waals surface area contributed by atoms with Crippen LogP contribution < -0.4 is 24.4 Å². The summed E-state index contributed by atoms with van der Waals surface area (Å²) in [5, 5.41) is 13.2. The van der Waals surface area contributed by atoms with Gasteiger partial charge in [0.15, 0.2) is 11.5 Å². The quantitative estimate of drug-likeness (QED) is 0.304. The van der Waals surface area contributed by atoms with Crippen molar-refractivity contribution in [2.75, 3.05) is 28.4 Å². The Morgan fingerprint density at radius 3 is 2.32 bits per heavy atom. The van der Waals surface area contributed by atoms with E-state index in [1.165, 1.54) is 27.5 Å². The molecule has 1 amide bonds. The lowest BCUT2D eigenvalue weighted by molar-refractivity contribution is 0.0950. The van der Waals surface area contributed by atoms with Crippen LogP contribution in [0.4, 0.5) is 0 Å². The summed E-state index contributed by atoms with van der Waals surface area (Å²) in [6.45, 7) is 0. The highest BCUT2D eigenvalue weighted by Gasteiger charge is 2.17. The fraction of sp³-hybridized carbons (Fsp3) is 0.160. The summed E-state index contributed by atoms with van der Waals surface area (Å²) < 4.78 is 21.5. The first-order valence-electron chi connectivity index (χ1n) is 10.3. The van der Waals surface area contributed by atoms with Crippen LogP contribution in [0, 0.1) is 0 Å². The van der Waals surface area contributed by atoms with E-state index in [1.54, 1.807) is 25.3 Å². The molecule has 0 fully saturated rings. The number of H-pyrrole nitrogens is 1. The maximum Gasteiger partial charge on any atom is 0.289 e. The molecule has 9 nitrogen and oxygen atoms in total. The Labute approximate surface area is 196 Å². The first-order chi connectivity index (χ1) is 16.6. The zero-order chi connectivity index (χ0) is 24.1. The van der Waals surface area contributed by atoms with Crippen molar-refractivity contribution >= 4 is 22.9 Å². The molecule has 4 rings (SSSR count). The molecule has 4 aromatic rings. The number of hydrogen-bond donors (Lipinski definition) is 2. The molecule has 0 unspecified atom stereocenters. The summed E-state index contributed by atoms with van der Waals surface area (Å²) in [6.07, 6.45) is 1.46.